The number of nitrogens with zero attached hydrogens (tertiary/aromatic N) is 1. The fourth-order valence-electron chi connectivity index (χ4n) is 1.09. The van der Waals surface area contributed by atoms with Crippen LogP contribution in [0.1, 0.15) is 39.3 Å². The Balaban J connectivity index is 2.85. The van der Waals surface area contributed by atoms with Crippen LogP contribution in [0.5, 0.6) is 0 Å². The zero-order valence-corrected chi connectivity index (χ0v) is 10.9. The lowest BCUT2D eigenvalue weighted by Gasteiger charge is -2.11. The van der Waals surface area contributed by atoms with Crippen LogP contribution in [0, 0.1) is 0 Å². The van der Waals surface area contributed by atoms with Crippen LogP contribution in [-0.4, -0.2) is 18.7 Å². The van der Waals surface area contributed by atoms with Gasteiger partial charge in [-0.05, 0) is 31.9 Å². The van der Waals surface area contributed by atoms with Crippen LogP contribution >= 0.6 is 0 Å². The predicted octanol–water partition coefficient (Wildman–Crippen LogP) is 2.36. The van der Waals surface area contributed by atoms with Crippen LogP contribution in [0.4, 0.5) is 5.69 Å². The number of nitrogens with one attached hydrogen (secondary N) is 1. The number of hydrogen-bond acceptors (Lipinski definition) is 3. The van der Waals surface area contributed by atoms with Gasteiger partial charge in [-0.15, -0.1) is 0 Å². The van der Waals surface area contributed by atoms with Gasteiger partial charge in [0.25, 0.3) is 0 Å². The summed E-state index contributed by atoms with van der Waals surface area (Å²) in [4.78, 5) is 4.19. The second-order valence-electron chi connectivity index (χ2n) is 4.32. The molecule has 0 aliphatic rings. The van der Waals surface area contributed by atoms with Crippen molar-refractivity contribution in [2.75, 3.05) is 4.72 Å². The molecule has 0 radical (unpaired) electrons. The number of anilines is 1. The van der Waals surface area contributed by atoms with E-state index in [-0.39, 0.29) is 0 Å². The molecule has 0 bridgehead atoms. The van der Waals surface area contributed by atoms with Crippen molar-refractivity contribution in [3.8, 4) is 0 Å². The Labute approximate surface area is 97.2 Å². The molecule has 90 valence electrons. The Morgan fingerprint density at radius 2 is 1.81 bits per heavy atom. The maximum absolute atomic E-state index is 11.6. The van der Waals surface area contributed by atoms with Crippen molar-refractivity contribution in [3.05, 3.63) is 24.0 Å². The normalized spacial score (nSPS) is 12.1. The van der Waals surface area contributed by atoms with Gasteiger partial charge in [-0.1, -0.05) is 13.8 Å². The van der Waals surface area contributed by atoms with E-state index in [1.165, 1.54) is 0 Å². The van der Waals surface area contributed by atoms with Crippen LogP contribution in [0.15, 0.2) is 18.3 Å². The van der Waals surface area contributed by atoms with E-state index in [1.54, 1.807) is 26.1 Å². The van der Waals surface area contributed by atoms with Gasteiger partial charge < -0.3 is 0 Å². The number of pyridine rings is 1. The Morgan fingerprint density at radius 3 is 2.19 bits per heavy atom. The third kappa shape index (κ3) is 3.20. The van der Waals surface area contributed by atoms with Crippen molar-refractivity contribution < 1.29 is 8.42 Å². The molecule has 0 aromatic carbocycles. The number of sulfonamides is 1. The largest absolute Gasteiger partial charge is 0.282 e. The van der Waals surface area contributed by atoms with Gasteiger partial charge in [0.1, 0.15) is 0 Å². The molecule has 0 unspecified atom stereocenters. The summed E-state index contributed by atoms with van der Waals surface area (Å²) in [7, 11) is -3.27. The Bertz CT molecular complexity index is 436. The van der Waals surface area contributed by atoms with E-state index < -0.39 is 15.3 Å². The van der Waals surface area contributed by atoms with E-state index >= 15 is 0 Å². The number of rotatable bonds is 4. The summed E-state index contributed by atoms with van der Waals surface area (Å²) in [5, 5.41) is -0.447. The van der Waals surface area contributed by atoms with E-state index in [9.17, 15) is 8.42 Å². The highest BCUT2D eigenvalue weighted by Crippen LogP contribution is 2.15. The van der Waals surface area contributed by atoms with Crippen molar-refractivity contribution in [1.29, 1.82) is 0 Å². The lowest BCUT2D eigenvalue weighted by Crippen LogP contribution is -2.22. The molecule has 0 aliphatic carbocycles. The molecule has 5 heteroatoms. The molecule has 0 atom stereocenters. The molecule has 1 heterocycles. The topological polar surface area (TPSA) is 59.1 Å². The standard InChI is InChI=1S/C11H18N2O2S/c1-8(2)11-6-5-10(7-12-11)13-16(14,15)9(3)4/h5-9,13H,1-4H3. The molecule has 4 nitrogen and oxygen atoms in total. The molecule has 1 N–H and O–H groups in total. The third-order valence-corrected chi connectivity index (χ3v) is 4.02. The first-order chi connectivity index (χ1) is 7.33. The second-order valence-corrected chi connectivity index (χ2v) is 6.56. The van der Waals surface area contributed by atoms with Crippen LogP contribution in [0.2, 0.25) is 0 Å². The molecule has 0 fully saturated rings. The van der Waals surface area contributed by atoms with Crippen molar-refractivity contribution in [3.63, 3.8) is 0 Å². The third-order valence-electron chi connectivity index (χ3n) is 2.26. The molecule has 1 aromatic heterocycles. The van der Waals surface area contributed by atoms with E-state index in [0.29, 0.717) is 11.6 Å². The Morgan fingerprint density at radius 1 is 1.19 bits per heavy atom. The van der Waals surface area contributed by atoms with E-state index in [0.717, 1.165) is 5.69 Å². The summed E-state index contributed by atoms with van der Waals surface area (Å²) in [5.74, 6) is 0.343. The average Bonchev–Trinajstić information content (AvgIpc) is 2.17. The average molecular weight is 242 g/mol. The maximum atomic E-state index is 11.6. The first-order valence-electron chi connectivity index (χ1n) is 5.30. The summed E-state index contributed by atoms with van der Waals surface area (Å²) in [5.41, 5.74) is 1.46. The van der Waals surface area contributed by atoms with Crippen molar-refractivity contribution >= 4 is 15.7 Å². The molecular formula is C11H18N2O2S. The van der Waals surface area contributed by atoms with Gasteiger partial charge in [0, 0.05) is 5.69 Å². The number of aromatic nitrogens is 1. The quantitative estimate of drug-likeness (QED) is 0.881. The van der Waals surface area contributed by atoms with Crippen molar-refractivity contribution in [1.82, 2.24) is 4.98 Å². The fourth-order valence-corrected chi connectivity index (χ4v) is 1.77. The van der Waals surface area contributed by atoms with E-state index in [1.807, 2.05) is 19.9 Å². The first-order valence-corrected chi connectivity index (χ1v) is 6.85. The van der Waals surface area contributed by atoms with Gasteiger partial charge in [-0.2, -0.15) is 0 Å². The Hall–Kier alpha value is -1.10. The highest BCUT2D eigenvalue weighted by atomic mass is 32.2. The minimum atomic E-state index is -3.27. The number of hydrogen-bond donors (Lipinski definition) is 1. The molecule has 0 amide bonds. The lowest BCUT2D eigenvalue weighted by molar-refractivity contribution is 0.592. The van der Waals surface area contributed by atoms with Gasteiger partial charge in [0.2, 0.25) is 10.0 Å². The summed E-state index contributed by atoms with van der Waals surface area (Å²) in [6.07, 6.45) is 1.55. The predicted molar refractivity (Wildman–Crippen MR) is 66.0 cm³/mol. The van der Waals surface area contributed by atoms with Crippen molar-refractivity contribution in [2.45, 2.75) is 38.9 Å². The van der Waals surface area contributed by atoms with Crippen LogP contribution < -0.4 is 4.72 Å². The van der Waals surface area contributed by atoms with Crippen LogP contribution in [0.3, 0.4) is 0 Å². The summed E-state index contributed by atoms with van der Waals surface area (Å²) in [6.45, 7) is 7.36. The summed E-state index contributed by atoms with van der Waals surface area (Å²) >= 11 is 0. The summed E-state index contributed by atoms with van der Waals surface area (Å²) in [6, 6.07) is 3.57. The summed E-state index contributed by atoms with van der Waals surface area (Å²) < 4.78 is 25.7. The molecule has 1 rings (SSSR count). The minimum Gasteiger partial charge on any atom is -0.282 e. The van der Waals surface area contributed by atoms with Crippen molar-refractivity contribution in [2.24, 2.45) is 0 Å². The molecule has 0 spiro atoms. The first kappa shape index (κ1) is 13.0. The Kier molecular flexibility index (Phi) is 3.91. The van der Waals surface area contributed by atoms with Crippen LogP contribution in [0.25, 0.3) is 0 Å². The maximum Gasteiger partial charge on any atom is 0.235 e. The van der Waals surface area contributed by atoms with E-state index in [4.69, 9.17) is 0 Å². The smallest absolute Gasteiger partial charge is 0.235 e. The molecule has 16 heavy (non-hydrogen) atoms. The van der Waals surface area contributed by atoms with Gasteiger partial charge in [-0.3, -0.25) is 9.71 Å². The molecular weight excluding hydrogens is 224 g/mol. The lowest BCUT2D eigenvalue weighted by atomic mass is 10.1. The van der Waals surface area contributed by atoms with Gasteiger partial charge in [0.15, 0.2) is 0 Å². The minimum absolute atomic E-state index is 0.343. The highest BCUT2D eigenvalue weighted by molar-refractivity contribution is 7.93. The zero-order chi connectivity index (χ0) is 12.3. The monoisotopic (exact) mass is 242 g/mol. The van der Waals surface area contributed by atoms with Crippen LogP contribution in [-0.2, 0) is 10.0 Å². The van der Waals surface area contributed by atoms with Gasteiger partial charge in [-0.25, -0.2) is 8.42 Å². The zero-order valence-electron chi connectivity index (χ0n) is 10.1. The second kappa shape index (κ2) is 4.82. The van der Waals surface area contributed by atoms with E-state index in [2.05, 4.69) is 9.71 Å². The highest BCUT2D eigenvalue weighted by Gasteiger charge is 2.15. The molecule has 0 saturated heterocycles. The SMILES string of the molecule is CC(C)c1ccc(NS(=O)(=O)C(C)C)cn1. The molecule has 0 aliphatic heterocycles. The fraction of sp³-hybridized carbons (Fsp3) is 0.545. The molecule has 1 aromatic rings. The molecule has 0 saturated carbocycles. The van der Waals surface area contributed by atoms with Gasteiger partial charge in [0.05, 0.1) is 17.1 Å². The van der Waals surface area contributed by atoms with Gasteiger partial charge >= 0.3 is 0 Å².